The lowest BCUT2D eigenvalue weighted by Gasteiger charge is -2.14. The Labute approximate surface area is 108 Å². The maximum Gasteiger partial charge on any atom is 0.0480 e. The van der Waals surface area contributed by atoms with Crippen molar-refractivity contribution >= 4 is 10.9 Å². The highest BCUT2D eigenvalue weighted by molar-refractivity contribution is 5.82. The molecule has 0 saturated carbocycles. The summed E-state index contributed by atoms with van der Waals surface area (Å²) in [5, 5.41) is 1.31. The highest BCUT2D eigenvalue weighted by Crippen LogP contribution is 2.22. The van der Waals surface area contributed by atoms with E-state index in [2.05, 4.69) is 40.8 Å². The van der Waals surface area contributed by atoms with Gasteiger partial charge in [0.2, 0.25) is 0 Å². The standard InChI is InChI=1S/C15H21N3/c1-17-14(11-18-6-2-3-7-18)9-13-8-12(10-16)4-5-15(13)17/h4-5,8-9H,2-3,6-7,10-11,16H2,1H3. The van der Waals surface area contributed by atoms with E-state index in [9.17, 15) is 0 Å². The normalized spacial score (nSPS) is 16.8. The minimum Gasteiger partial charge on any atom is -0.346 e. The second-order valence-corrected chi connectivity index (χ2v) is 5.28. The van der Waals surface area contributed by atoms with Gasteiger partial charge in [-0.1, -0.05) is 6.07 Å². The molecule has 0 amide bonds. The lowest BCUT2D eigenvalue weighted by atomic mass is 10.1. The lowest BCUT2D eigenvalue weighted by molar-refractivity contribution is 0.324. The van der Waals surface area contributed by atoms with Crippen molar-refractivity contribution in [3.8, 4) is 0 Å². The van der Waals surface area contributed by atoms with Gasteiger partial charge in [0.25, 0.3) is 0 Å². The van der Waals surface area contributed by atoms with E-state index in [4.69, 9.17) is 5.73 Å². The van der Waals surface area contributed by atoms with Crippen LogP contribution in [-0.4, -0.2) is 22.6 Å². The fourth-order valence-electron chi connectivity index (χ4n) is 2.90. The molecule has 0 aliphatic carbocycles. The first-order valence-electron chi connectivity index (χ1n) is 6.77. The third kappa shape index (κ3) is 2.04. The van der Waals surface area contributed by atoms with E-state index >= 15 is 0 Å². The number of hydrogen-bond acceptors (Lipinski definition) is 2. The molecule has 1 saturated heterocycles. The van der Waals surface area contributed by atoms with Gasteiger partial charge >= 0.3 is 0 Å². The van der Waals surface area contributed by atoms with Crippen LogP contribution in [0.4, 0.5) is 0 Å². The predicted octanol–water partition coefficient (Wildman–Crippen LogP) is 2.23. The molecule has 1 aliphatic rings. The first-order chi connectivity index (χ1) is 8.78. The van der Waals surface area contributed by atoms with Crippen molar-refractivity contribution in [1.82, 2.24) is 9.47 Å². The van der Waals surface area contributed by atoms with Gasteiger partial charge in [-0.05, 0) is 49.7 Å². The average molecular weight is 243 g/mol. The van der Waals surface area contributed by atoms with E-state index in [1.165, 1.54) is 48.1 Å². The van der Waals surface area contributed by atoms with Crippen LogP contribution in [0, 0.1) is 0 Å². The molecule has 2 aromatic rings. The molecule has 3 nitrogen and oxygen atoms in total. The lowest BCUT2D eigenvalue weighted by Crippen LogP contribution is -2.19. The van der Waals surface area contributed by atoms with Crippen molar-refractivity contribution in [2.24, 2.45) is 12.8 Å². The van der Waals surface area contributed by atoms with Gasteiger partial charge < -0.3 is 10.3 Å². The number of hydrogen-bond donors (Lipinski definition) is 1. The molecule has 0 atom stereocenters. The summed E-state index contributed by atoms with van der Waals surface area (Å²) in [5.41, 5.74) is 9.62. The van der Waals surface area contributed by atoms with E-state index in [0.29, 0.717) is 6.54 Å². The number of nitrogens with two attached hydrogens (primary N) is 1. The predicted molar refractivity (Wildman–Crippen MR) is 75.3 cm³/mol. The van der Waals surface area contributed by atoms with Gasteiger partial charge in [0, 0.05) is 36.7 Å². The number of aryl methyl sites for hydroxylation is 1. The van der Waals surface area contributed by atoms with E-state index in [1.807, 2.05) is 0 Å². The third-order valence-corrected chi connectivity index (χ3v) is 4.03. The van der Waals surface area contributed by atoms with Crippen LogP contribution in [0.2, 0.25) is 0 Å². The molecule has 2 heterocycles. The van der Waals surface area contributed by atoms with E-state index in [-0.39, 0.29) is 0 Å². The van der Waals surface area contributed by atoms with Crippen LogP contribution in [0.1, 0.15) is 24.1 Å². The van der Waals surface area contributed by atoms with Crippen LogP contribution in [0.3, 0.4) is 0 Å². The Morgan fingerprint density at radius 2 is 1.94 bits per heavy atom. The number of fused-ring (bicyclic) bond motifs is 1. The molecule has 1 aromatic heterocycles. The highest BCUT2D eigenvalue weighted by atomic mass is 15.2. The summed E-state index contributed by atoms with van der Waals surface area (Å²) in [5.74, 6) is 0. The Morgan fingerprint density at radius 1 is 1.17 bits per heavy atom. The van der Waals surface area contributed by atoms with Crippen molar-refractivity contribution in [3.63, 3.8) is 0 Å². The maximum absolute atomic E-state index is 5.70. The summed E-state index contributed by atoms with van der Waals surface area (Å²) in [6.07, 6.45) is 2.70. The fourth-order valence-corrected chi connectivity index (χ4v) is 2.90. The molecule has 3 rings (SSSR count). The molecule has 0 unspecified atom stereocenters. The van der Waals surface area contributed by atoms with Gasteiger partial charge in [-0.3, -0.25) is 4.90 Å². The first kappa shape index (κ1) is 11.8. The molecule has 1 aliphatic heterocycles. The second kappa shape index (κ2) is 4.75. The van der Waals surface area contributed by atoms with Crippen LogP contribution in [0.15, 0.2) is 24.3 Å². The average Bonchev–Trinajstić information content (AvgIpc) is 2.99. The summed E-state index contributed by atoms with van der Waals surface area (Å²) >= 11 is 0. The smallest absolute Gasteiger partial charge is 0.0480 e. The van der Waals surface area contributed by atoms with Gasteiger partial charge in [0.05, 0.1) is 0 Å². The fraction of sp³-hybridized carbons (Fsp3) is 0.467. The Bertz CT molecular complexity index is 550. The molecule has 2 N–H and O–H groups in total. The largest absolute Gasteiger partial charge is 0.346 e. The first-order valence-corrected chi connectivity index (χ1v) is 6.77. The molecule has 3 heteroatoms. The van der Waals surface area contributed by atoms with Crippen LogP contribution in [0.5, 0.6) is 0 Å². The van der Waals surface area contributed by atoms with E-state index in [0.717, 1.165) is 6.54 Å². The van der Waals surface area contributed by atoms with Gasteiger partial charge in [0.1, 0.15) is 0 Å². The molecule has 0 bridgehead atoms. The Kier molecular flexibility index (Phi) is 3.10. The summed E-state index contributed by atoms with van der Waals surface area (Å²) < 4.78 is 2.31. The topological polar surface area (TPSA) is 34.2 Å². The SMILES string of the molecule is Cn1c(CN2CCCC2)cc2cc(CN)ccc21. The quantitative estimate of drug-likeness (QED) is 0.897. The molecular formula is C15H21N3. The second-order valence-electron chi connectivity index (χ2n) is 5.28. The summed E-state index contributed by atoms with van der Waals surface area (Å²) in [6, 6.07) is 8.84. The van der Waals surface area contributed by atoms with Crippen molar-refractivity contribution in [3.05, 3.63) is 35.5 Å². The van der Waals surface area contributed by atoms with Crippen molar-refractivity contribution < 1.29 is 0 Å². The molecule has 96 valence electrons. The van der Waals surface area contributed by atoms with Crippen LogP contribution < -0.4 is 5.73 Å². The van der Waals surface area contributed by atoms with Crippen LogP contribution in [-0.2, 0) is 20.1 Å². The number of aromatic nitrogens is 1. The molecule has 0 radical (unpaired) electrons. The zero-order chi connectivity index (χ0) is 12.5. The number of nitrogens with zero attached hydrogens (tertiary/aromatic N) is 2. The minimum absolute atomic E-state index is 0.617. The summed E-state index contributed by atoms with van der Waals surface area (Å²) in [6.45, 7) is 4.18. The van der Waals surface area contributed by atoms with Crippen molar-refractivity contribution in [1.29, 1.82) is 0 Å². The number of rotatable bonds is 3. The van der Waals surface area contributed by atoms with Crippen molar-refractivity contribution in [2.45, 2.75) is 25.9 Å². The Balaban J connectivity index is 1.94. The number of likely N-dealkylation sites (tertiary alicyclic amines) is 1. The van der Waals surface area contributed by atoms with Crippen molar-refractivity contribution in [2.75, 3.05) is 13.1 Å². The Hall–Kier alpha value is -1.32. The summed E-state index contributed by atoms with van der Waals surface area (Å²) in [7, 11) is 2.16. The van der Waals surface area contributed by atoms with Gasteiger partial charge in [-0.15, -0.1) is 0 Å². The Morgan fingerprint density at radius 3 is 2.67 bits per heavy atom. The third-order valence-electron chi connectivity index (χ3n) is 4.03. The van der Waals surface area contributed by atoms with Crippen LogP contribution in [0.25, 0.3) is 10.9 Å². The maximum atomic E-state index is 5.70. The molecular weight excluding hydrogens is 222 g/mol. The highest BCUT2D eigenvalue weighted by Gasteiger charge is 2.14. The zero-order valence-electron chi connectivity index (χ0n) is 11.0. The van der Waals surface area contributed by atoms with Crippen LogP contribution >= 0.6 is 0 Å². The van der Waals surface area contributed by atoms with E-state index in [1.54, 1.807) is 0 Å². The zero-order valence-corrected chi connectivity index (χ0v) is 11.0. The number of benzene rings is 1. The molecule has 0 spiro atoms. The summed E-state index contributed by atoms with van der Waals surface area (Å²) in [4.78, 5) is 2.54. The van der Waals surface area contributed by atoms with Gasteiger partial charge in [0.15, 0.2) is 0 Å². The molecule has 1 fully saturated rings. The molecule has 1 aromatic carbocycles. The minimum atomic E-state index is 0.617. The molecule has 18 heavy (non-hydrogen) atoms. The van der Waals surface area contributed by atoms with E-state index < -0.39 is 0 Å². The van der Waals surface area contributed by atoms with Gasteiger partial charge in [-0.2, -0.15) is 0 Å². The van der Waals surface area contributed by atoms with Gasteiger partial charge in [-0.25, -0.2) is 0 Å². The monoisotopic (exact) mass is 243 g/mol.